The van der Waals surface area contributed by atoms with Gasteiger partial charge in [0.15, 0.2) is 0 Å². The number of hydrogen-bond acceptors (Lipinski definition) is 3. The number of rotatable bonds is 4. The average molecular weight is 362 g/mol. The molecule has 1 aliphatic rings. The summed E-state index contributed by atoms with van der Waals surface area (Å²) in [5.41, 5.74) is 1.98. The number of amides is 1. The van der Waals surface area contributed by atoms with Gasteiger partial charge in [-0.15, -0.1) is 0 Å². The van der Waals surface area contributed by atoms with Crippen molar-refractivity contribution < 1.29 is 18.7 Å². The zero-order valence-electron chi connectivity index (χ0n) is 13.7. The first-order valence-electron chi connectivity index (χ1n) is 7.92. The molecule has 0 bridgehead atoms. The van der Waals surface area contributed by atoms with E-state index in [0.29, 0.717) is 0 Å². The number of hydrogen-bond donors (Lipinski definition) is 0. The van der Waals surface area contributed by atoms with Crippen LogP contribution >= 0.6 is 11.6 Å². The van der Waals surface area contributed by atoms with Crippen molar-refractivity contribution in [2.45, 2.75) is 20.0 Å². The molecule has 0 aliphatic carbocycles. The largest absolute Gasteiger partial charge is 0.460 e. The van der Waals surface area contributed by atoms with Crippen LogP contribution in [0.3, 0.4) is 0 Å². The van der Waals surface area contributed by atoms with Gasteiger partial charge in [0.2, 0.25) is 5.91 Å². The monoisotopic (exact) mass is 361 g/mol. The van der Waals surface area contributed by atoms with Gasteiger partial charge in [-0.3, -0.25) is 9.59 Å². The molecule has 0 unspecified atom stereocenters. The summed E-state index contributed by atoms with van der Waals surface area (Å²) in [4.78, 5) is 26.0. The molecule has 1 saturated heterocycles. The van der Waals surface area contributed by atoms with E-state index in [1.54, 1.807) is 4.90 Å². The first kappa shape index (κ1) is 17.4. The van der Waals surface area contributed by atoms with Gasteiger partial charge in [-0.2, -0.15) is 0 Å². The zero-order chi connectivity index (χ0) is 18.0. The quantitative estimate of drug-likeness (QED) is 0.776. The van der Waals surface area contributed by atoms with Crippen molar-refractivity contribution in [2.24, 2.45) is 5.92 Å². The molecular formula is C19H17ClFNO3. The summed E-state index contributed by atoms with van der Waals surface area (Å²) < 4.78 is 18.9. The Morgan fingerprint density at radius 1 is 1.28 bits per heavy atom. The van der Waals surface area contributed by atoms with Gasteiger partial charge in [-0.25, -0.2) is 4.39 Å². The molecule has 1 amide bonds. The number of nitrogens with zero attached hydrogens (tertiary/aromatic N) is 1. The van der Waals surface area contributed by atoms with Crippen molar-refractivity contribution in [1.29, 1.82) is 0 Å². The highest BCUT2D eigenvalue weighted by Gasteiger charge is 2.36. The molecule has 2 aromatic carbocycles. The molecule has 130 valence electrons. The van der Waals surface area contributed by atoms with Gasteiger partial charge >= 0.3 is 5.97 Å². The Bertz CT molecular complexity index is 787. The Balaban J connectivity index is 1.64. The molecule has 6 heteroatoms. The van der Waals surface area contributed by atoms with Crippen LogP contribution in [-0.2, 0) is 20.9 Å². The summed E-state index contributed by atoms with van der Waals surface area (Å²) in [6.07, 6.45) is 0.0811. The second-order valence-electron chi connectivity index (χ2n) is 6.05. The van der Waals surface area contributed by atoms with Gasteiger partial charge in [0.25, 0.3) is 0 Å². The Hall–Kier alpha value is -2.40. The van der Waals surface area contributed by atoms with Crippen LogP contribution in [0.25, 0.3) is 0 Å². The first-order chi connectivity index (χ1) is 12.0. The molecule has 0 N–H and O–H groups in total. The van der Waals surface area contributed by atoms with E-state index in [4.69, 9.17) is 16.3 Å². The van der Waals surface area contributed by atoms with Crippen molar-refractivity contribution in [1.82, 2.24) is 0 Å². The number of carbonyl (C=O) groups is 2. The maximum absolute atomic E-state index is 13.7. The van der Waals surface area contributed by atoms with E-state index in [9.17, 15) is 14.0 Å². The molecule has 3 rings (SSSR count). The molecule has 1 fully saturated rings. The molecular weight excluding hydrogens is 345 g/mol. The van der Waals surface area contributed by atoms with Crippen LogP contribution in [0.1, 0.15) is 17.5 Å². The number of anilines is 1. The van der Waals surface area contributed by atoms with E-state index in [1.165, 1.54) is 18.2 Å². The average Bonchev–Trinajstić information content (AvgIpc) is 2.97. The minimum atomic E-state index is -0.570. The maximum Gasteiger partial charge on any atom is 0.311 e. The van der Waals surface area contributed by atoms with E-state index in [1.807, 2.05) is 31.2 Å². The Morgan fingerprint density at radius 2 is 2.00 bits per heavy atom. The van der Waals surface area contributed by atoms with Crippen LogP contribution in [0.4, 0.5) is 10.1 Å². The third-order valence-electron chi connectivity index (χ3n) is 4.22. The van der Waals surface area contributed by atoms with Crippen molar-refractivity contribution >= 4 is 29.2 Å². The molecule has 2 aromatic rings. The minimum absolute atomic E-state index is 0.0811. The van der Waals surface area contributed by atoms with Gasteiger partial charge in [0.1, 0.15) is 12.4 Å². The summed E-state index contributed by atoms with van der Waals surface area (Å²) in [5, 5.41) is 0.205. The molecule has 1 aliphatic heterocycles. The summed E-state index contributed by atoms with van der Waals surface area (Å²) in [6, 6.07) is 11.8. The highest BCUT2D eigenvalue weighted by Crippen LogP contribution is 2.27. The zero-order valence-corrected chi connectivity index (χ0v) is 14.4. The second-order valence-corrected chi connectivity index (χ2v) is 6.46. The highest BCUT2D eigenvalue weighted by molar-refractivity contribution is 6.31. The van der Waals surface area contributed by atoms with E-state index in [-0.39, 0.29) is 36.1 Å². The van der Waals surface area contributed by atoms with Crippen molar-refractivity contribution in [3.05, 3.63) is 64.4 Å². The fourth-order valence-electron chi connectivity index (χ4n) is 2.77. The predicted molar refractivity (Wildman–Crippen MR) is 92.8 cm³/mol. The Labute approximate surface area is 150 Å². The lowest BCUT2D eigenvalue weighted by molar-refractivity contribution is -0.149. The van der Waals surface area contributed by atoms with Gasteiger partial charge in [-0.05, 0) is 31.2 Å². The van der Waals surface area contributed by atoms with Crippen LogP contribution in [0.2, 0.25) is 5.02 Å². The van der Waals surface area contributed by atoms with Crippen LogP contribution < -0.4 is 4.90 Å². The summed E-state index contributed by atoms with van der Waals surface area (Å²) in [7, 11) is 0. The summed E-state index contributed by atoms with van der Waals surface area (Å²) in [6.45, 7) is 1.97. The smallest absolute Gasteiger partial charge is 0.311 e. The summed E-state index contributed by atoms with van der Waals surface area (Å²) in [5.74, 6) is -1.75. The highest BCUT2D eigenvalue weighted by atomic mass is 35.5. The van der Waals surface area contributed by atoms with Gasteiger partial charge < -0.3 is 9.64 Å². The van der Waals surface area contributed by atoms with E-state index >= 15 is 0 Å². The first-order valence-corrected chi connectivity index (χ1v) is 8.30. The minimum Gasteiger partial charge on any atom is -0.460 e. The number of halogens is 2. The molecule has 25 heavy (non-hydrogen) atoms. The van der Waals surface area contributed by atoms with Crippen molar-refractivity contribution in [3.63, 3.8) is 0 Å². The van der Waals surface area contributed by atoms with Crippen LogP contribution in [0.5, 0.6) is 0 Å². The van der Waals surface area contributed by atoms with Crippen LogP contribution in [0.15, 0.2) is 42.5 Å². The normalized spacial score (nSPS) is 17.0. The summed E-state index contributed by atoms with van der Waals surface area (Å²) >= 11 is 5.92. The number of aryl methyl sites for hydroxylation is 1. The maximum atomic E-state index is 13.7. The fourth-order valence-corrected chi connectivity index (χ4v) is 2.99. The Morgan fingerprint density at radius 3 is 2.68 bits per heavy atom. The third-order valence-corrected chi connectivity index (χ3v) is 4.58. The number of ether oxygens (including phenoxy) is 1. The van der Waals surface area contributed by atoms with Crippen molar-refractivity contribution in [3.8, 4) is 0 Å². The van der Waals surface area contributed by atoms with E-state index in [2.05, 4.69) is 0 Å². The van der Waals surface area contributed by atoms with Crippen LogP contribution in [-0.4, -0.2) is 18.4 Å². The number of carbonyl (C=O) groups excluding carboxylic acids is 2. The fraction of sp³-hybridized carbons (Fsp3) is 0.263. The third kappa shape index (κ3) is 3.82. The topological polar surface area (TPSA) is 46.6 Å². The lowest BCUT2D eigenvalue weighted by Gasteiger charge is -2.16. The van der Waals surface area contributed by atoms with E-state index < -0.39 is 17.7 Å². The second kappa shape index (κ2) is 7.23. The molecule has 1 atom stereocenters. The standard InChI is InChI=1S/C19H17ClFNO3/c1-12-5-7-14(8-6-12)22-10-13(9-18(22)23)19(24)25-11-15-16(20)3-2-4-17(15)21/h2-8,13H,9-11H2,1H3/t13-/m0/s1. The van der Waals surface area contributed by atoms with Gasteiger partial charge in [0.05, 0.1) is 10.9 Å². The van der Waals surface area contributed by atoms with Crippen LogP contribution in [0, 0.1) is 18.7 Å². The van der Waals surface area contributed by atoms with Gasteiger partial charge in [-0.1, -0.05) is 35.4 Å². The molecule has 4 nitrogen and oxygen atoms in total. The Kier molecular flexibility index (Phi) is 5.04. The van der Waals surface area contributed by atoms with E-state index in [0.717, 1.165) is 11.3 Å². The lowest BCUT2D eigenvalue weighted by atomic mass is 10.1. The van der Waals surface area contributed by atoms with Gasteiger partial charge in [0, 0.05) is 24.2 Å². The molecule has 0 saturated carbocycles. The SMILES string of the molecule is Cc1ccc(N2C[C@@H](C(=O)OCc3c(F)cccc3Cl)CC2=O)cc1. The lowest BCUT2D eigenvalue weighted by Crippen LogP contribution is -2.26. The van der Waals surface area contributed by atoms with Crippen molar-refractivity contribution in [2.75, 3.05) is 11.4 Å². The number of esters is 1. The predicted octanol–water partition coefficient (Wildman–Crippen LogP) is 3.88. The molecule has 0 spiro atoms. The molecule has 0 aromatic heterocycles. The number of benzene rings is 2. The molecule has 1 heterocycles. The molecule has 0 radical (unpaired) electrons.